The van der Waals surface area contributed by atoms with E-state index in [0.29, 0.717) is 0 Å². The van der Waals surface area contributed by atoms with Gasteiger partial charge >= 0.3 is 0 Å². The van der Waals surface area contributed by atoms with Crippen molar-refractivity contribution in [3.63, 3.8) is 0 Å². The minimum atomic E-state index is -0.544. The average Bonchev–Trinajstić information content (AvgIpc) is 4.19. The van der Waals surface area contributed by atoms with Gasteiger partial charge in [-0.05, 0) is 157 Å². The zero-order chi connectivity index (χ0) is 49.2. The first-order valence-corrected chi connectivity index (χ1v) is 26.3. The molecular formula is C73H51N. The van der Waals surface area contributed by atoms with Gasteiger partial charge in [0.15, 0.2) is 0 Å². The van der Waals surface area contributed by atoms with Crippen molar-refractivity contribution in [3.05, 3.63) is 281 Å². The van der Waals surface area contributed by atoms with Crippen molar-refractivity contribution in [3.8, 4) is 55.6 Å². The molecule has 0 heterocycles. The van der Waals surface area contributed by atoms with Gasteiger partial charge in [-0.15, -0.1) is 0 Å². The van der Waals surface area contributed by atoms with Crippen LogP contribution in [0.15, 0.2) is 237 Å². The molecule has 0 atom stereocenters. The van der Waals surface area contributed by atoms with Gasteiger partial charge in [0.1, 0.15) is 0 Å². The van der Waals surface area contributed by atoms with Crippen molar-refractivity contribution in [2.24, 2.45) is 0 Å². The highest BCUT2D eigenvalue weighted by Gasteiger charge is 2.52. The van der Waals surface area contributed by atoms with Crippen molar-refractivity contribution in [2.75, 3.05) is 4.90 Å². The fraction of sp³-hybridized carbons (Fsp3) is 0.0959. The Morgan fingerprint density at radius 1 is 0.257 bits per heavy atom. The maximum atomic E-state index is 2.68. The van der Waals surface area contributed by atoms with Crippen LogP contribution in [0.2, 0.25) is 0 Å². The summed E-state index contributed by atoms with van der Waals surface area (Å²) in [7, 11) is 0. The predicted molar refractivity (Wildman–Crippen MR) is 311 cm³/mol. The van der Waals surface area contributed by atoms with Crippen LogP contribution in [0, 0.1) is 0 Å². The van der Waals surface area contributed by atoms with Crippen LogP contribution in [0.4, 0.5) is 17.1 Å². The second-order valence-corrected chi connectivity index (χ2v) is 22.2. The van der Waals surface area contributed by atoms with Crippen molar-refractivity contribution in [1.29, 1.82) is 0 Å². The average molecular weight is 942 g/mol. The molecular weight excluding hydrogens is 891 g/mol. The summed E-state index contributed by atoms with van der Waals surface area (Å²) in [4.78, 5) is 2.68. The number of benzene rings is 12. The first-order valence-electron chi connectivity index (χ1n) is 26.3. The molecule has 12 aromatic rings. The number of hydrogen-bond acceptors (Lipinski definition) is 1. The van der Waals surface area contributed by atoms with Crippen LogP contribution in [0.3, 0.4) is 0 Å². The molecule has 4 aliphatic carbocycles. The van der Waals surface area contributed by atoms with E-state index < -0.39 is 5.41 Å². The van der Waals surface area contributed by atoms with Crippen LogP contribution >= 0.6 is 0 Å². The topological polar surface area (TPSA) is 3.24 Å². The van der Waals surface area contributed by atoms with E-state index in [2.05, 4.69) is 269 Å². The molecule has 1 spiro atoms. The van der Waals surface area contributed by atoms with Crippen LogP contribution in [-0.2, 0) is 16.2 Å². The summed E-state index contributed by atoms with van der Waals surface area (Å²) in [5, 5.41) is 7.60. The molecule has 0 N–H and O–H groups in total. The van der Waals surface area contributed by atoms with Gasteiger partial charge in [-0.2, -0.15) is 0 Å². The van der Waals surface area contributed by atoms with E-state index in [4.69, 9.17) is 0 Å². The first-order chi connectivity index (χ1) is 36.3. The van der Waals surface area contributed by atoms with Gasteiger partial charge in [-0.3, -0.25) is 0 Å². The molecule has 0 bridgehead atoms. The zero-order valence-corrected chi connectivity index (χ0v) is 42.0. The quantitative estimate of drug-likeness (QED) is 0.159. The van der Waals surface area contributed by atoms with Gasteiger partial charge in [0, 0.05) is 22.1 Å². The summed E-state index contributed by atoms with van der Waals surface area (Å²) >= 11 is 0. The maximum Gasteiger partial charge on any atom is 0.0726 e. The minimum absolute atomic E-state index is 0.176. The molecule has 0 fully saturated rings. The summed E-state index contributed by atoms with van der Waals surface area (Å²) in [6.07, 6.45) is 0. The summed E-state index contributed by atoms with van der Waals surface area (Å²) in [6.45, 7) is 9.68. The maximum absolute atomic E-state index is 2.68. The lowest BCUT2D eigenvalue weighted by Gasteiger charge is -2.36. The molecule has 1 nitrogen and oxygen atoms in total. The molecule has 4 aliphatic rings. The third-order valence-electron chi connectivity index (χ3n) is 18.0. The Morgan fingerprint density at radius 2 is 0.689 bits per heavy atom. The van der Waals surface area contributed by atoms with Gasteiger partial charge in [-0.1, -0.05) is 234 Å². The number of fused-ring (bicyclic) bond motifs is 22. The number of nitrogens with zero attached hydrogens (tertiary/aromatic N) is 1. The second kappa shape index (κ2) is 14.7. The Hall–Kier alpha value is -8.78. The van der Waals surface area contributed by atoms with E-state index >= 15 is 0 Å². The van der Waals surface area contributed by atoms with E-state index in [-0.39, 0.29) is 10.8 Å². The lowest BCUT2D eigenvalue weighted by atomic mass is 9.70. The molecule has 0 amide bonds. The van der Waals surface area contributed by atoms with E-state index in [9.17, 15) is 0 Å². The molecule has 0 unspecified atom stereocenters. The van der Waals surface area contributed by atoms with Crippen molar-refractivity contribution >= 4 is 49.4 Å². The summed E-state index contributed by atoms with van der Waals surface area (Å²) in [5.74, 6) is 0. The van der Waals surface area contributed by atoms with Crippen molar-refractivity contribution in [1.82, 2.24) is 0 Å². The van der Waals surface area contributed by atoms with Crippen LogP contribution in [0.5, 0.6) is 0 Å². The SMILES string of the molecule is CC1(C)c2ccccc2-c2c(-c3cc4c(cc3N(c3ccc5c6ccccc6c6ccccc6c5c3)c3cccc5c3C(C)(C)c3ccccc3-5)C3(c5ccccc5-c5ccccc53)c3ccccc3-4)cccc21. The molecule has 0 saturated carbocycles. The highest BCUT2D eigenvalue weighted by molar-refractivity contribution is 6.26. The second-order valence-electron chi connectivity index (χ2n) is 22.2. The van der Waals surface area contributed by atoms with Crippen LogP contribution < -0.4 is 4.90 Å². The molecule has 0 aliphatic heterocycles. The third-order valence-corrected chi connectivity index (χ3v) is 18.0. The van der Waals surface area contributed by atoms with Gasteiger partial charge in [0.05, 0.1) is 16.8 Å². The molecule has 1 heteroatoms. The number of anilines is 3. The standard InChI is InChI=1S/C73H51N/c1-71(2)61-33-15-13-29-56(61)69-54(30-19-37-65(69)71)59-42-58-53-28-12-18-36-64(53)73(62-34-16-10-25-50(62)51-26-11-17-35-63(51)73)66(58)43-68(59)74(67-38-20-31-55-52-27-9-14-32-60(52)72(3,4)70(55)67)44-39-40-49-47-23-6-5-21-45(47)46-22-7-8-24-48(46)57(49)41-44/h5-43H,1-4H3. The van der Waals surface area contributed by atoms with E-state index in [1.165, 1.54) is 138 Å². The van der Waals surface area contributed by atoms with Crippen LogP contribution in [0.1, 0.15) is 72.2 Å². The Bertz CT molecular complexity index is 4370. The highest BCUT2D eigenvalue weighted by Crippen LogP contribution is 2.66. The van der Waals surface area contributed by atoms with Crippen LogP contribution in [-0.4, -0.2) is 0 Å². The third kappa shape index (κ3) is 5.19. The summed E-state index contributed by atoms with van der Waals surface area (Å²) in [5.41, 5.74) is 26.2. The molecule has 0 saturated heterocycles. The Morgan fingerprint density at radius 3 is 1.30 bits per heavy atom. The molecule has 74 heavy (non-hydrogen) atoms. The van der Waals surface area contributed by atoms with E-state index in [1.54, 1.807) is 0 Å². The van der Waals surface area contributed by atoms with E-state index in [1.807, 2.05) is 0 Å². The number of rotatable bonds is 4. The largest absolute Gasteiger partial charge is 0.310 e. The van der Waals surface area contributed by atoms with Crippen molar-refractivity contribution < 1.29 is 0 Å². The lowest BCUT2D eigenvalue weighted by molar-refractivity contribution is 0.660. The van der Waals surface area contributed by atoms with Gasteiger partial charge in [0.2, 0.25) is 0 Å². The van der Waals surface area contributed by atoms with Crippen LogP contribution in [0.25, 0.3) is 88.0 Å². The summed E-state index contributed by atoms with van der Waals surface area (Å²) < 4.78 is 0. The Balaban J connectivity index is 1.09. The van der Waals surface area contributed by atoms with E-state index in [0.717, 1.165) is 11.4 Å². The molecule has 16 rings (SSSR count). The molecule has 0 radical (unpaired) electrons. The Labute approximate surface area is 432 Å². The fourth-order valence-corrected chi connectivity index (χ4v) is 15.0. The molecule has 0 aromatic heterocycles. The first kappa shape index (κ1) is 41.8. The minimum Gasteiger partial charge on any atom is -0.310 e. The zero-order valence-electron chi connectivity index (χ0n) is 42.0. The predicted octanol–water partition coefficient (Wildman–Crippen LogP) is 19.2. The van der Waals surface area contributed by atoms with Gasteiger partial charge < -0.3 is 4.90 Å². The van der Waals surface area contributed by atoms with Gasteiger partial charge in [-0.25, -0.2) is 0 Å². The molecule has 348 valence electrons. The lowest BCUT2D eigenvalue weighted by Crippen LogP contribution is -2.26. The monoisotopic (exact) mass is 941 g/mol. The number of hydrogen-bond donors (Lipinski definition) is 0. The van der Waals surface area contributed by atoms with Gasteiger partial charge in [0.25, 0.3) is 0 Å². The summed E-state index contributed by atoms with van der Waals surface area (Å²) in [6, 6.07) is 90.6. The normalized spacial score (nSPS) is 15.1. The molecule has 12 aromatic carbocycles. The fourth-order valence-electron chi connectivity index (χ4n) is 15.0. The Kier molecular flexibility index (Phi) is 8.29. The highest BCUT2D eigenvalue weighted by atomic mass is 15.1. The smallest absolute Gasteiger partial charge is 0.0726 e. The van der Waals surface area contributed by atoms with Crippen molar-refractivity contribution in [2.45, 2.75) is 43.9 Å².